The largest absolute Gasteiger partial charge is 0.396 e. The molecule has 1 aromatic rings. The molecule has 5 nitrogen and oxygen atoms in total. The molecule has 0 aliphatic heterocycles. The topological polar surface area (TPSA) is 92.4 Å². The fraction of sp³-hybridized carbons (Fsp3) is 0.500. The summed E-state index contributed by atoms with van der Waals surface area (Å²) in [6, 6.07) is 2.62. The molecule has 0 aliphatic carbocycles. The zero-order valence-electron chi connectivity index (χ0n) is 11.7. The van der Waals surface area contributed by atoms with Gasteiger partial charge < -0.3 is 10.8 Å². The van der Waals surface area contributed by atoms with Crippen molar-refractivity contribution in [3.8, 4) is 0 Å². The number of sulfonamides is 1. The number of nitrogens with two attached hydrogens (primary N) is 1. The number of hydrogen-bond acceptors (Lipinski definition) is 4. The fourth-order valence-corrected chi connectivity index (χ4v) is 3.57. The lowest BCUT2D eigenvalue weighted by Crippen LogP contribution is -2.57. The van der Waals surface area contributed by atoms with E-state index in [1.54, 1.807) is 13.8 Å². The van der Waals surface area contributed by atoms with Crippen LogP contribution in [0.15, 0.2) is 17.0 Å². The van der Waals surface area contributed by atoms with Crippen LogP contribution < -0.4 is 10.5 Å². The smallest absolute Gasteiger partial charge is 0.242 e. The van der Waals surface area contributed by atoms with Crippen molar-refractivity contribution in [2.45, 2.75) is 43.7 Å². The minimum Gasteiger partial charge on any atom is -0.396 e. The van der Waals surface area contributed by atoms with E-state index in [1.165, 1.54) is 26.0 Å². The van der Waals surface area contributed by atoms with Gasteiger partial charge in [-0.1, -0.05) is 23.2 Å². The Morgan fingerprint density at radius 2 is 1.70 bits per heavy atom. The van der Waals surface area contributed by atoms with Gasteiger partial charge in [0.1, 0.15) is 4.90 Å². The third kappa shape index (κ3) is 3.38. The lowest BCUT2D eigenvalue weighted by Gasteiger charge is -2.37. The van der Waals surface area contributed by atoms with Crippen LogP contribution in [0.3, 0.4) is 0 Å². The monoisotopic (exact) mass is 340 g/mol. The van der Waals surface area contributed by atoms with Crippen LogP contribution in [0.5, 0.6) is 0 Å². The van der Waals surface area contributed by atoms with E-state index in [-0.39, 0.29) is 20.6 Å². The Morgan fingerprint density at radius 3 is 2.15 bits per heavy atom. The number of benzene rings is 1. The van der Waals surface area contributed by atoms with Crippen molar-refractivity contribution >= 4 is 38.9 Å². The molecule has 4 N–H and O–H groups in total. The molecule has 0 bridgehead atoms. The Hall–Kier alpha value is -0.530. The van der Waals surface area contributed by atoms with Crippen molar-refractivity contribution in [3.05, 3.63) is 22.2 Å². The van der Waals surface area contributed by atoms with E-state index in [1.807, 2.05) is 0 Å². The molecular formula is C12H18Cl2N2O3S. The van der Waals surface area contributed by atoms with E-state index in [4.69, 9.17) is 28.9 Å². The van der Waals surface area contributed by atoms with Gasteiger partial charge >= 0.3 is 0 Å². The summed E-state index contributed by atoms with van der Waals surface area (Å²) in [5.74, 6) is 0. The van der Waals surface area contributed by atoms with Crippen LogP contribution in [0, 0.1) is 0 Å². The van der Waals surface area contributed by atoms with Gasteiger partial charge in [-0.2, -0.15) is 0 Å². The maximum Gasteiger partial charge on any atom is 0.242 e. The van der Waals surface area contributed by atoms with E-state index in [2.05, 4.69) is 4.72 Å². The zero-order chi connectivity index (χ0) is 15.9. The fourth-order valence-electron chi connectivity index (χ4n) is 1.27. The Labute approximate surface area is 129 Å². The molecule has 0 heterocycles. The van der Waals surface area contributed by atoms with E-state index in [0.29, 0.717) is 0 Å². The lowest BCUT2D eigenvalue weighted by atomic mass is 9.87. The number of nitrogens with one attached hydrogen (secondary N) is 1. The second-order valence-corrected chi connectivity index (χ2v) is 8.00. The minimum atomic E-state index is -3.95. The summed E-state index contributed by atoms with van der Waals surface area (Å²) in [6.07, 6.45) is 0. The Bertz CT molecular complexity index is 622. The summed E-state index contributed by atoms with van der Waals surface area (Å²) in [5, 5.41) is 10.1. The first kappa shape index (κ1) is 17.5. The molecule has 0 amide bonds. The van der Waals surface area contributed by atoms with Crippen LogP contribution in [0.25, 0.3) is 0 Å². The number of nitrogen functional groups attached to an aromatic ring is 1. The SMILES string of the molecule is CC(C)(O)C(C)(C)NS(=O)(=O)c1ccc(Cl)c(N)c1Cl. The molecule has 0 fully saturated rings. The highest BCUT2D eigenvalue weighted by Crippen LogP contribution is 2.34. The van der Waals surface area contributed by atoms with Gasteiger partial charge in [0.25, 0.3) is 0 Å². The van der Waals surface area contributed by atoms with Crippen molar-refractivity contribution < 1.29 is 13.5 Å². The summed E-state index contributed by atoms with van der Waals surface area (Å²) >= 11 is 11.7. The second-order valence-electron chi connectivity index (χ2n) is 5.56. The number of rotatable bonds is 4. The first-order chi connectivity index (χ1) is 8.79. The molecule has 8 heteroatoms. The van der Waals surface area contributed by atoms with Crippen molar-refractivity contribution in [1.82, 2.24) is 4.72 Å². The molecule has 0 radical (unpaired) electrons. The lowest BCUT2D eigenvalue weighted by molar-refractivity contribution is 0.00639. The minimum absolute atomic E-state index is 0.00252. The Morgan fingerprint density at radius 1 is 1.20 bits per heavy atom. The molecule has 20 heavy (non-hydrogen) atoms. The van der Waals surface area contributed by atoms with Crippen LogP contribution in [-0.4, -0.2) is 24.7 Å². The standard InChI is InChI=1S/C12H18Cl2N2O3S/c1-11(2,12(3,4)17)16-20(18,19)8-6-5-7(13)10(15)9(8)14/h5-6,16-17H,15H2,1-4H3. The van der Waals surface area contributed by atoms with E-state index in [0.717, 1.165) is 0 Å². The first-order valence-corrected chi connectivity index (χ1v) is 8.03. The van der Waals surface area contributed by atoms with E-state index in [9.17, 15) is 13.5 Å². The summed E-state index contributed by atoms with van der Waals surface area (Å²) in [5.41, 5.74) is 3.24. The van der Waals surface area contributed by atoms with Crippen molar-refractivity contribution in [3.63, 3.8) is 0 Å². The van der Waals surface area contributed by atoms with Crippen molar-refractivity contribution in [2.24, 2.45) is 0 Å². The van der Waals surface area contributed by atoms with Gasteiger partial charge in [-0.05, 0) is 39.8 Å². The normalized spacial score (nSPS) is 13.6. The number of aliphatic hydroxyl groups is 1. The summed E-state index contributed by atoms with van der Waals surface area (Å²) < 4.78 is 27.2. The maximum absolute atomic E-state index is 12.4. The maximum atomic E-state index is 12.4. The van der Waals surface area contributed by atoms with Gasteiger partial charge in [0.15, 0.2) is 0 Å². The second kappa shape index (κ2) is 5.35. The number of anilines is 1. The van der Waals surface area contributed by atoms with Crippen molar-refractivity contribution in [2.75, 3.05) is 5.73 Å². The van der Waals surface area contributed by atoms with Gasteiger partial charge in [-0.3, -0.25) is 0 Å². The van der Waals surface area contributed by atoms with Gasteiger partial charge in [-0.15, -0.1) is 0 Å². The molecule has 0 unspecified atom stereocenters. The van der Waals surface area contributed by atoms with Gasteiger partial charge in [0, 0.05) is 0 Å². The van der Waals surface area contributed by atoms with Crippen LogP contribution in [-0.2, 0) is 10.0 Å². The van der Waals surface area contributed by atoms with Gasteiger partial charge in [-0.25, -0.2) is 13.1 Å². The van der Waals surface area contributed by atoms with Crippen LogP contribution in [0.2, 0.25) is 10.0 Å². The Balaban J connectivity index is 3.30. The molecule has 0 spiro atoms. The first-order valence-electron chi connectivity index (χ1n) is 5.79. The van der Waals surface area contributed by atoms with Crippen LogP contribution in [0.1, 0.15) is 27.7 Å². The molecule has 0 aromatic heterocycles. The summed E-state index contributed by atoms with van der Waals surface area (Å²) in [4.78, 5) is -0.182. The third-order valence-electron chi connectivity index (χ3n) is 3.30. The molecule has 0 saturated carbocycles. The van der Waals surface area contributed by atoms with Crippen LogP contribution in [0.4, 0.5) is 5.69 Å². The summed E-state index contributed by atoms with van der Waals surface area (Å²) in [6.45, 7) is 6.15. The van der Waals surface area contributed by atoms with E-state index >= 15 is 0 Å². The van der Waals surface area contributed by atoms with Gasteiger partial charge in [0.05, 0.1) is 26.9 Å². The third-order valence-corrected chi connectivity index (χ3v) is 5.85. The van der Waals surface area contributed by atoms with Gasteiger partial charge in [0.2, 0.25) is 10.0 Å². The number of halogens is 2. The predicted molar refractivity (Wildman–Crippen MR) is 81.6 cm³/mol. The molecule has 0 saturated heterocycles. The van der Waals surface area contributed by atoms with Crippen LogP contribution >= 0.6 is 23.2 Å². The molecule has 114 valence electrons. The summed E-state index contributed by atoms with van der Waals surface area (Å²) in [7, 11) is -3.95. The average molecular weight is 341 g/mol. The molecule has 1 aromatic carbocycles. The molecule has 0 atom stereocenters. The highest BCUT2D eigenvalue weighted by molar-refractivity contribution is 7.89. The highest BCUT2D eigenvalue weighted by Gasteiger charge is 2.39. The molecule has 1 rings (SSSR count). The van der Waals surface area contributed by atoms with Crippen molar-refractivity contribution in [1.29, 1.82) is 0 Å². The van der Waals surface area contributed by atoms with E-state index < -0.39 is 21.2 Å². The highest BCUT2D eigenvalue weighted by atomic mass is 35.5. The predicted octanol–water partition coefficient (Wildman–Crippen LogP) is 2.40. The quantitative estimate of drug-likeness (QED) is 0.733. The average Bonchev–Trinajstić information content (AvgIpc) is 2.22. The molecular weight excluding hydrogens is 323 g/mol. The number of hydrogen-bond donors (Lipinski definition) is 3. The molecule has 0 aliphatic rings. The Kier molecular flexibility index (Phi) is 4.68. The zero-order valence-corrected chi connectivity index (χ0v) is 14.0.